The second-order valence-corrected chi connectivity index (χ2v) is 6.38. The quantitative estimate of drug-likeness (QED) is 0.521. The van der Waals surface area contributed by atoms with E-state index in [2.05, 4.69) is 9.97 Å². The van der Waals surface area contributed by atoms with Crippen molar-refractivity contribution >= 4 is 5.57 Å². The summed E-state index contributed by atoms with van der Waals surface area (Å²) in [4.78, 5) is 8.48. The molecule has 152 valence electrons. The van der Waals surface area contributed by atoms with E-state index in [1.54, 1.807) is 19.4 Å². The summed E-state index contributed by atoms with van der Waals surface area (Å²) in [6.07, 6.45) is 4.61. The molecule has 0 bridgehead atoms. The number of rotatable bonds is 13. The number of allylic oxidation sites excluding steroid dienone is 2. The van der Waals surface area contributed by atoms with Crippen LogP contribution in [-0.2, 0) is 25.6 Å². The molecule has 1 aliphatic carbocycles. The molecule has 1 N–H and O–H groups in total. The highest BCUT2D eigenvalue weighted by Gasteiger charge is 2.32. The lowest BCUT2D eigenvalue weighted by Crippen LogP contribution is -2.32. The Morgan fingerprint density at radius 2 is 1.81 bits per heavy atom. The van der Waals surface area contributed by atoms with Crippen LogP contribution in [0.3, 0.4) is 0 Å². The monoisotopic (exact) mass is 384 g/mol. The van der Waals surface area contributed by atoms with Crippen molar-refractivity contribution in [3.05, 3.63) is 29.9 Å². The minimum absolute atomic E-state index is 0.0437. The number of aliphatic hydroxyl groups is 1. The molecule has 0 saturated heterocycles. The molecule has 2 rings (SSSR count). The number of halogens is 1. The molecule has 7 nitrogen and oxygen atoms in total. The van der Waals surface area contributed by atoms with Gasteiger partial charge in [-0.1, -0.05) is 6.08 Å². The Hall–Kier alpha value is -1.45. The molecule has 1 heterocycles. The van der Waals surface area contributed by atoms with Crippen LogP contribution in [0.15, 0.2) is 18.3 Å². The number of ether oxygens (including phenoxy) is 4. The molecule has 0 amide bonds. The molecule has 1 aliphatic rings. The molecular formula is C19H29FN2O5. The van der Waals surface area contributed by atoms with E-state index in [4.69, 9.17) is 24.1 Å². The molecule has 8 heteroatoms. The smallest absolute Gasteiger partial charge is 0.155 e. The number of nitrogens with zero attached hydrogens (tertiary/aromatic N) is 2. The van der Waals surface area contributed by atoms with Crippen LogP contribution in [-0.4, -0.2) is 74.1 Å². The normalized spacial score (nSPS) is 19.9. The summed E-state index contributed by atoms with van der Waals surface area (Å²) in [7, 11) is 1.63. The van der Waals surface area contributed by atoms with Crippen molar-refractivity contribution in [3.8, 4) is 0 Å². The Kier molecular flexibility index (Phi) is 9.79. The average Bonchev–Trinajstić information content (AvgIpc) is 2.70. The highest BCUT2D eigenvalue weighted by molar-refractivity contribution is 5.61. The predicted molar refractivity (Wildman–Crippen MR) is 98.0 cm³/mol. The topological polar surface area (TPSA) is 82.9 Å². The standard InChI is InChI=1S/C19H29FN2O5/c1-24-8-9-25-10-11-26-12-13-27-15-19(20)5-2-16(3-6-19)18-21-7-4-17(14-23)22-18/h2,4,7,23H,3,5-6,8-15H2,1H3/t19-/m1/s1. The molecule has 0 fully saturated rings. The molecule has 1 aromatic rings. The van der Waals surface area contributed by atoms with Gasteiger partial charge in [0.25, 0.3) is 0 Å². The first-order chi connectivity index (χ1) is 13.2. The van der Waals surface area contributed by atoms with Gasteiger partial charge in [0.05, 0.1) is 58.5 Å². The predicted octanol–water partition coefficient (Wildman–Crippen LogP) is 1.94. The number of hydrogen-bond donors (Lipinski definition) is 1. The van der Waals surface area contributed by atoms with Crippen molar-refractivity contribution in [2.45, 2.75) is 31.5 Å². The molecule has 1 atom stereocenters. The maximum atomic E-state index is 14.8. The lowest BCUT2D eigenvalue weighted by atomic mass is 9.87. The van der Waals surface area contributed by atoms with Crippen LogP contribution in [0, 0.1) is 0 Å². The minimum Gasteiger partial charge on any atom is -0.390 e. The highest BCUT2D eigenvalue weighted by Crippen LogP contribution is 2.34. The van der Waals surface area contributed by atoms with Crippen LogP contribution in [0.25, 0.3) is 5.57 Å². The van der Waals surface area contributed by atoms with Gasteiger partial charge < -0.3 is 24.1 Å². The number of aliphatic hydroxyl groups excluding tert-OH is 1. The van der Waals surface area contributed by atoms with E-state index in [0.29, 0.717) is 64.0 Å². The van der Waals surface area contributed by atoms with Crippen LogP contribution in [0.1, 0.15) is 30.8 Å². The first kappa shape index (κ1) is 21.8. The fourth-order valence-electron chi connectivity index (χ4n) is 2.68. The van der Waals surface area contributed by atoms with Crippen molar-refractivity contribution in [2.75, 3.05) is 53.4 Å². The Morgan fingerprint density at radius 1 is 1.11 bits per heavy atom. The number of alkyl halides is 1. The van der Waals surface area contributed by atoms with E-state index in [1.807, 2.05) is 6.08 Å². The van der Waals surface area contributed by atoms with Gasteiger partial charge in [-0.3, -0.25) is 0 Å². The van der Waals surface area contributed by atoms with Crippen molar-refractivity contribution < 1.29 is 28.4 Å². The average molecular weight is 384 g/mol. The van der Waals surface area contributed by atoms with Crippen LogP contribution < -0.4 is 0 Å². The van der Waals surface area contributed by atoms with Crippen molar-refractivity contribution in [1.29, 1.82) is 0 Å². The third kappa shape index (κ3) is 7.98. The van der Waals surface area contributed by atoms with Crippen LogP contribution in [0.4, 0.5) is 4.39 Å². The molecule has 1 aromatic heterocycles. The first-order valence-electron chi connectivity index (χ1n) is 9.20. The number of methoxy groups -OCH3 is 1. The molecular weight excluding hydrogens is 355 g/mol. The van der Waals surface area contributed by atoms with Crippen molar-refractivity contribution in [1.82, 2.24) is 9.97 Å². The third-order valence-corrected chi connectivity index (χ3v) is 4.26. The van der Waals surface area contributed by atoms with Gasteiger partial charge in [-0.05, 0) is 24.5 Å². The summed E-state index contributed by atoms with van der Waals surface area (Å²) in [5, 5.41) is 9.16. The second-order valence-electron chi connectivity index (χ2n) is 6.38. The van der Waals surface area contributed by atoms with E-state index in [0.717, 1.165) is 5.57 Å². The van der Waals surface area contributed by atoms with Gasteiger partial charge in [0, 0.05) is 19.7 Å². The number of aromatic nitrogens is 2. The Morgan fingerprint density at radius 3 is 2.44 bits per heavy atom. The second kappa shape index (κ2) is 12.1. The van der Waals surface area contributed by atoms with Gasteiger partial charge in [0.15, 0.2) is 5.82 Å². The summed E-state index contributed by atoms with van der Waals surface area (Å²) >= 11 is 0. The largest absolute Gasteiger partial charge is 0.390 e. The lowest BCUT2D eigenvalue weighted by molar-refractivity contribution is -0.0267. The Balaban J connectivity index is 1.62. The fourth-order valence-corrected chi connectivity index (χ4v) is 2.68. The van der Waals surface area contributed by atoms with Crippen LogP contribution in [0.2, 0.25) is 0 Å². The van der Waals surface area contributed by atoms with Crippen molar-refractivity contribution in [2.24, 2.45) is 0 Å². The summed E-state index contributed by atoms with van der Waals surface area (Å²) in [6.45, 7) is 2.76. The van der Waals surface area contributed by atoms with Gasteiger partial charge in [0.2, 0.25) is 0 Å². The Labute approximate surface area is 159 Å². The maximum absolute atomic E-state index is 14.8. The highest BCUT2D eigenvalue weighted by atomic mass is 19.1. The zero-order chi connectivity index (χ0) is 19.4. The van der Waals surface area contributed by atoms with Gasteiger partial charge in [-0.2, -0.15) is 0 Å². The van der Waals surface area contributed by atoms with Gasteiger partial charge in [0.1, 0.15) is 5.67 Å². The van der Waals surface area contributed by atoms with Gasteiger partial charge in [-0.25, -0.2) is 14.4 Å². The zero-order valence-electron chi connectivity index (χ0n) is 15.9. The third-order valence-electron chi connectivity index (χ3n) is 4.26. The van der Waals surface area contributed by atoms with E-state index in [1.165, 1.54) is 0 Å². The van der Waals surface area contributed by atoms with E-state index < -0.39 is 5.67 Å². The lowest BCUT2D eigenvalue weighted by Gasteiger charge is -2.28. The minimum atomic E-state index is -1.37. The first-order valence-corrected chi connectivity index (χ1v) is 9.20. The van der Waals surface area contributed by atoms with E-state index >= 15 is 0 Å². The SMILES string of the molecule is COCCOCCOCCOC[C@@]1(F)CC=C(c2nccc(CO)n2)CC1. The maximum Gasteiger partial charge on any atom is 0.155 e. The molecule has 0 saturated carbocycles. The molecule has 27 heavy (non-hydrogen) atoms. The van der Waals surface area contributed by atoms with Gasteiger partial charge >= 0.3 is 0 Å². The van der Waals surface area contributed by atoms with Crippen LogP contribution >= 0.6 is 0 Å². The molecule has 0 aliphatic heterocycles. The number of hydrogen-bond acceptors (Lipinski definition) is 7. The Bertz CT molecular complexity index is 587. The zero-order valence-corrected chi connectivity index (χ0v) is 15.9. The fraction of sp³-hybridized carbons (Fsp3) is 0.684. The van der Waals surface area contributed by atoms with Gasteiger partial charge in [-0.15, -0.1) is 0 Å². The molecule has 0 unspecified atom stereocenters. The molecule has 0 aromatic carbocycles. The summed E-state index contributed by atoms with van der Waals surface area (Å²) in [5.41, 5.74) is 0.0993. The summed E-state index contributed by atoms with van der Waals surface area (Å²) in [6, 6.07) is 1.66. The molecule has 0 spiro atoms. The van der Waals surface area contributed by atoms with E-state index in [-0.39, 0.29) is 19.6 Å². The molecule has 0 radical (unpaired) electrons. The van der Waals surface area contributed by atoms with E-state index in [9.17, 15) is 4.39 Å². The summed E-state index contributed by atoms with van der Waals surface area (Å²) in [5.74, 6) is 0.561. The van der Waals surface area contributed by atoms with Crippen molar-refractivity contribution in [3.63, 3.8) is 0 Å². The van der Waals surface area contributed by atoms with Crippen LogP contribution in [0.5, 0.6) is 0 Å². The summed E-state index contributed by atoms with van der Waals surface area (Å²) < 4.78 is 35.8.